The van der Waals surface area contributed by atoms with Crippen LogP contribution in [0.1, 0.15) is 0 Å². The van der Waals surface area contributed by atoms with Crippen molar-refractivity contribution in [1.82, 2.24) is 0 Å². The van der Waals surface area contributed by atoms with Crippen molar-refractivity contribution in [3.8, 4) is 5.75 Å². The highest BCUT2D eigenvalue weighted by Crippen LogP contribution is 2.29. The number of phenols is 1. The van der Waals surface area contributed by atoms with Gasteiger partial charge in [-0.3, -0.25) is 0 Å². The molecule has 0 bridgehead atoms. The molecule has 0 aliphatic heterocycles. The Morgan fingerprint density at radius 3 is 2.40 bits per heavy atom. The number of halogens is 1. The van der Waals surface area contributed by atoms with E-state index >= 15 is 0 Å². The van der Waals surface area contributed by atoms with Crippen LogP contribution < -0.4 is 5.30 Å². The maximum atomic E-state index is 10.7. The monoisotopic (exact) mass is 176 g/mol. The van der Waals surface area contributed by atoms with E-state index in [0.717, 1.165) is 0 Å². The zero-order valence-corrected chi connectivity index (χ0v) is 6.80. The van der Waals surface area contributed by atoms with Gasteiger partial charge in [-0.1, -0.05) is 23.4 Å². The molecular weight excluding hydrogens is 170 g/mol. The van der Waals surface area contributed by atoms with Gasteiger partial charge in [-0.05, 0) is 12.1 Å². The normalized spacial score (nSPS) is 12.9. The molecule has 1 atom stereocenters. The fraction of sp³-hybridized carbons (Fsp3) is 0. The third-order valence-corrected chi connectivity index (χ3v) is 2.57. The van der Waals surface area contributed by atoms with Gasteiger partial charge >= 0.3 is 0 Å². The van der Waals surface area contributed by atoms with E-state index in [1.807, 2.05) is 0 Å². The third-order valence-electron chi connectivity index (χ3n) is 1.12. The maximum Gasteiger partial charge on any atom is 0.189 e. The van der Waals surface area contributed by atoms with Gasteiger partial charge in [-0.2, -0.15) is 0 Å². The largest absolute Gasteiger partial charge is 0.507 e. The van der Waals surface area contributed by atoms with Crippen LogP contribution in [-0.2, 0) is 4.57 Å². The average molecular weight is 177 g/mol. The van der Waals surface area contributed by atoms with Gasteiger partial charge in [0.25, 0.3) is 0 Å². The van der Waals surface area contributed by atoms with Gasteiger partial charge in [0.15, 0.2) is 7.15 Å². The molecule has 0 saturated carbocycles. The summed E-state index contributed by atoms with van der Waals surface area (Å²) in [7, 11) is -2.27. The molecule has 54 valence electrons. The van der Waals surface area contributed by atoms with Crippen molar-refractivity contribution < 1.29 is 9.67 Å². The number of benzene rings is 1. The summed E-state index contributed by atoms with van der Waals surface area (Å²) in [6.07, 6.45) is 0. The van der Waals surface area contributed by atoms with E-state index in [-0.39, 0.29) is 5.75 Å². The Kier molecular flexibility index (Phi) is 2.36. The highest BCUT2D eigenvalue weighted by molar-refractivity contribution is 7.80. The Hall–Kier alpha value is -0.460. The fourth-order valence-electron chi connectivity index (χ4n) is 0.640. The minimum absolute atomic E-state index is 0.00129. The molecule has 10 heavy (non-hydrogen) atoms. The highest BCUT2D eigenvalue weighted by atomic mass is 35.7. The molecular formula is C6H6ClO2P. The predicted molar refractivity (Wildman–Crippen MR) is 42.6 cm³/mol. The summed E-state index contributed by atoms with van der Waals surface area (Å²) < 4.78 is 10.7. The van der Waals surface area contributed by atoms with E-state index in [9.17, 15) is 4.57 Å². The van der Waals surface area contributed by atoms with Crippen molar-refractivity contribution in [2.75, 3.05) is 0 Å². The van der Waals surface area contributed by atoms with Crippen molar-refractivity contribution in [3.63, 3.8) is 0 Å². The highest BCUT2D eigenvalue weighted by Gasteiger charge is 2.02. The van der Waals surface area contributed by atoms with Crippen molar-refractivity contribution in [2.45, 2.75) is 0 Å². The van der Waals surface area contributed by atoms with E-state index in [1.54, 1.807) is 18.2 Å². The van der Waals surface area contributed by atoms with Gasteiger partial charge in [0.2, 0.25) is 0 Å². The summed E-state index contributed by atoms with van der Waals surface area (Å²) in [6, 6.07) is 6.34. The first kappa shape index (κ1) is 7.64. The quantitative estimate of drug-likeness (QED) is 0.662. The lowest BCUT2D eigenvalue weighted by Gasteiger charge is -1.96. The lowest BCUT2D eigenvalue weighted by Crippen LogP contribution is -1.91. The van der Waals surface area contributed by atoms with Gasteiger partial charge in [0.05, 0.1) is 5.30 Å². The molecule has 0 amide bonds. The zero-order chi connectivity index (χ0) is 7.56. The lowest BCUT2D eigenvalue weighted by atomic mass is 10.3. The van der Waals surface area contributed by atoms with Crippen molar-refractivity contribution >= 4 is 23.7 Å². The van der Waals surface area contributed by atoms with Gasteiger partial charge in [0.1, 0.15) is 5.75 Å². The molecule has 1 rings (SSSR count). The van der Waals surface area contributed by atoms with E-state index in [2.05, 4.69) is 0 Å². The SMILES string of the molecule is O=[PH](Cl)c1ccccc1O. The Morgan fingerprint density at radius 2 is 2.00 bits per heavy atom. The van der Waals surface area contributed by atoms with Crippen LogP contribution in [0.3, 0.4) is 0 Å². The first-order chi connectivity index (χ1) is 4.72. The molecule has 0 saturated heterocycles. The summed E-state index contributed by atoms with van der Waals surface area (Å²) in [6.45, 7) is 0. The molecule has 1 aromatic rings. The van der Waals surface area contributed by atoms with Crippen LogP contribution in [0.4, 0.5) is 0 Å². The molecule has 0 aromatic heterocycles. The molecule has 0 heterocycles. The van der Waals surface area contributed by atoms with E-state index in [4.69, 9.17) is 16.3 Å². The summed E-state index contributed by atoms with van der Waals surface area (Å²) in [4.78, 5) is 0. The Labute approximate surface area is 64.0 Å². The van der Waals surface area contributed by atoms with Gasteiger partial charge < -0.3 is 9.67 Å². The summed E-state index contributed by atoms with van der Waals surface area (Å²) in [5.74, 6) is 0.00129. The Bertz CT molecular complexity index is 262. The number of rotatable bonds is 1. The third kappa shape index (κ3) is 1.53. The standard InChI is InChI=1S/C6H6ClO2P/c7-10(9)6-4-2-1-3-5(6)8/h1-4,8,10H. The van der Waals surface area contributed by atoms with Gasteiger partial charge in [-0.15, -0.1) is 0 Å². The molecule has 0 spiro atoms. The van der Waals surface area contributed by atoms with Crippen LogP contribution in [0, 0.1) is 0 Å². The molecule has 1 unspecified atom stereocenters. The summed E-state index contributed by atoms with van der Waals surface area (Å²) in [5.41, 5.74) is 0. The number of aromatic hydroxyl groups is 1. The summed E-state index contributed by atoms with van der Waals surface area (Å²) >= 11 is 5.29. The average Bonchev–Trinajstić information content (AvgIpc) is 1.88. The van der Waals surface area contributed by atoms with Gasteiger partial charge in [0, 0.05) is 0 Å². The van der Waals surface area contributed by atoms with Crippen LogP contribution in [0.15, 0.2) is 24.3 Å². The topological polar surface area (TPSA) is 37.3 Å². The van der Waals surface area contributed by atoms with E-state index < -0.39 is 7.15 Å². The van der Waals surface area contributed by atoms with Crippen LogP contribution in [-0.4, -0.2) is 5.11 Å². The minimum atomic E-state index is -2.27. The maximum absolute atomic E-state index is 10.7. The molecule has 0 radical (unpaired) electrons. The smallest absolute Gasteiger partial charge is 0.189 e. The second-order valence-electron chi connectivity index (χ2n) is 1.79. The minimum Gasteiger partial charge on any atom is -0.507 e. The number of para-hydroxylation sites is 1. The second kappa shape index (κ2) is 3.09. The molecule has 0 aliphatic carbocycles. The number of hydrogen-bond donors (Lipinski definition) is 1. The first-order valence-electron chi connectivity index (χ1n) is 2.69. The fourth-order valence-corrected chi connectivity index (χ4v) is 1.63. The van der Waals surface area contributed by atoms with Crippen molar-refractivity contribution in [1.29, 1.82) is 0 Å². The molecule has 4 heteroatoms. The van der Waals surface area contributed by atoms with Gasteiger partial charge in [-0.25, -0.2) is 0 Å². The molecule has 1 aromatic carbocycles. The lowest BCUT2D eigenvalue weighted by molar-refractivity contribution is 0.479. The Balaban J connectivity index is 3.15. The zero-order valence-electron chi connectivity index (χ0n) is 5.04. The predicted octanol–water partition coefficient (Wildman–Crippen LogP) is 1.73. The van der Waals surface area contributed by atoms with Crippen LogP contribution in [0.5, 0.6) is 5.75 Å². The van der Waals surface area contributed by atoms with E-state index in [1.165, 1.54) is 6.07 Å². The van der Waals surface area contributed by atoms with Crippen molar-refractivity contribution in [2.24, 2.45) is 0 Å². The van der Waals surface area contributed by atoms with Crippen LogP contribution in [0.25, 0.3) is 0 Å². The molecule has 1 N–H and O–H groups in total. The molecule has 0 aliphatic rings. The van der Waals surface area contributed by atoms with Crippen molar-refractivity contribution in [3.05, 3.63) is 24.3 Å². The Morgan fingerprint density at radius 1 is 1.40 bits per heavy atom. The van der Waals surface area contributed by atoms with Crippen LogP contribution in [0.2, 0.25) is 0 Å². The second-order valence-corrected chi connectivity index (χ2v) is 3.91. The number of phenolic OH excluding ortho intramolecular Hbond substituents is 1. The summed E-state index contributed by atoms with van der Waals surface area (Å²) in [5, 5.41) is 9.35. The van der Waals surface area contributed by atoms with Crippen LogP contribution >= 0.6 is 18.4 Å². The molecule has 2 nitrogen and oxygen atoms in total. The number of hydrogen-bond acceptors (Lipinski definition) is 2. The van der Waals surface area contributed by atoms with E-state index in [0.29, 0.717) is 5.30 Å². The molecule has 0 fully saturated rings. The first-order valence-corrected chi connectivity index (χ1v) is 5.11.